The van der Waals surface area contributed by atoms with Crippen LogP contribution in [0.5, 0.6) is 11.5 Å². The first-order chi connectivity index (χ1) is 9.55. The largest absolute Gasteiger partial charge is 0.493 e. The number of carbonyl (C=O) groups excluding carboxylic acids is 1. The van der Waals surface area contributed by atoms with Gasteiger partial charge in [0.1, 0.15) is 0 Å². The molecule has 1 aromatic carbocycles. The molecule has 0 aliphatic carbocycles. The summed E-state index contributed by atoms with van der Waals surface area (Å²) in [6, 6.07) is 7.34. The number of methoxy groups -OCH3 is 2. The summed E-state index contributed by atoms with van der Waals surface area (Å²) in [5.74, 6) is 1.37. The number of rotatable bonds is 5. The Morgan fingerprint density at radius 2 is 1.85 bits per heavy atom. The summed E-state index contributed by atoms with van der Waals surface area (Å²) < 4.78 is 12.2. The number of benzene rings is 1. The van der Waals surface area contributed by atoms with Crippen molar-refractivity contribution < 1.29 is 14.3 Å². The van der Waals surface area contributed by atoms with Crippen molar-refractivity contribution in [1.29, 1.82) is 0 Å². The Hall–Kier alpha value is -0.850. The molecule has 0 radical (unpaired) electrons. The third kappa shape index (κ3) is 3.42. The van der Waals surface area contributed by atoms with Gasteiger partial charge in [0.15, 0.2) is 17.3 Å². The van der Waals surface area contributed by atoms with Crippen molar-refractivity contribution in [3.8, 4) is 11.5 Å². The maximum Gasteiger partial charge on any atom is 0.177 e. The number of hydrogen-bond donors (Lipinski definition) is 0. The van der Waals surface area contributed by atoms with Crippen molar-refractivity contribution >= 4 is 49.0 Å². The molecule has 106 valence electrons. The molecular formula is C14H12Br2O3S. The van der Waals surface area contributed by atoms with E-state index in [4.69, 9.17) is 9.47 Å². The molecule has 2 rings (SSSR count). The van der Waals surface area contributed by atoms with Crippen LogP contribution in [0.4, 0.5) is 0 Å². The minimum atomic E-state index is 0.0774. The minimum Gasteiger partial charge on any atom is -0.493 e. The summed E-state index contributed by atoms with van der Waals surface area (Å²) in [6.07, 6.45) is 0.333. The summed E-state index contributed by atoms with van der Waals surface area (Å²) in [6.45, 7) is 0. The van der Waals surface area contributed by atoms with Gasteiger partial charge >= 0.3 is 0 Å². The monoisotopic (exact) mass is 418 g/mol. The van der Waals surface area contributed by atoms with Crippen LogP contribution in [0.15, 0.2) is 32.5 Å². The Morgan fingerprint density at radius 3 is 2.40 bits per heavy atom. The van der Waals surface area contributed by atoms with Crippen LogP contribution in [0.3, 0.4) is 0 Å². The highest BCUT2D eigenvalue weighted by atomic mass is 79.9. The second-order valence-corrected chi connectivity index (χ2v) is 7.25. The SMILES string of the molecule is COc1ccc(CC(=O)c2cc(Br)c(Br)s2)cc1OC. The molecule has 2 aromatic rings. The number of ketones is 1. The van der Waals surface area contributed by atoms with Gasteiger partial charge in [0, 0.05) is 10.9 Å². The molecule has 0 spiro atoms. The zero-order valence-electron chi connectivity index (χ0n) is 10.9. The summed E-state index contributed by atoms with van der Waals surface area (Å²) in [7, 11) is 3.17. The summed E-state index contributed by atoms with van der Waals surface area (Å²) in [5, 5.41) is 0. The molecular weight excluding hydrogens is 408 g/mol. The number of Topliss-reactive ketones (excluding diaryl/α,β-unsaturated/α-hetero) is 1. The van der Waals surface area contributed by atoms with Crippen molar-refractivity contribution in [2.45, 2.75) is 6.42 Å². The third-order valence-electron chi connectivity index (χ3n) is 2.73. The molecule has 0 saturated carbocycles. The van der Waals surface area contributed by atoms with Crippen LogP contribution in [0.1, 0.15) is 15.2 Å². The van der Waals surface area contributed by atoms with Crippen LogP contribution in [-0.4, -0.2) is 20.0 Å². The van der Waals surface area contributed by atoms with Gasteiger partial charge in [-0.3, -0.25) is 4.79 Å². The van der Waals surface area contributed by atoms with Crippen LogP contribution in [0.25, 0.3) is 0 Å². The average Bonchev–Trinajstić information content (AvgIpc) is 2.78. The standard InChI is InChI=1S/C14H12Br2O3S/c1-18-11-4-3-8(6-12(11)19-2)5-10(17)13-7-9(15)14(16)20-13/h3-4,6-7H,5H2,1-2H3. The third-order valence-corrected chi connectivity index (χ3v) is 6.03. The molecule has 0 unspecified atom stereocenters. The van der Waals surface area contributed by atoms with Crippen LogP contribution in [0, 0.1) is 0 Å². The predicted octanol–water partition coefficient (Wildman–Crippen LogP) is 4.72. The number of ether oxygens (including phenoxy) is 2. The maximum absolute atomic E-state index is 12.2. The normalized spacial score (nSPS) is 10.4. The van der Waals surface area contributed by atoms with E-state index in [1.165, 1.54) is 11.3 Å². The highest BCUT2D eigenvalue weighted by Crippen LogP contribution is 2.33. The lowest BCUT2D eigenvalue weighted by molar-refractivity contribution is 0.0996. The van der Waals surface area contributed by atoms with Crippen LogP contribution in [0.2, 0.25) is 0 Å². The second kappa shape index (κ2) is 6.74. The molecule has 20 heavy (non-hydrogen) atoms. The number of carbonyl (C=O) groups is 1. The predicted molar refractivity (Wildman–Crippen MR) is 87.3 cm³/mol. The van der Waals surface area contributed by atoms with Crippen molar-refractivity contribution in [2.24, 2.45) is 0 Å². The van der Waals surface area contributed by atoms with E-state index < -0.39 is 0 Å². The first kappa shape index (κ1) is 15.5. The van der Waals surface area contributed by atoms with Gasteiger partial charge < -0.3 is 9.47 Å². The van der Waals surface area contributed by atoms with Gasteiger partial charge in [-0.15, -0.1) is 11.3 Å². The Kier molecular flexibility index (Phi) is 5.23. The van der Waals surface area contributed by atoms with E-state index in [-0.39, 0.29) is 5.78 Å². The summed E-state index contributed by atoms with van der Waals surface area (Å²) in [5.41, 5.74) is 0.897. The lowest BCUT2D eigenvalue weighted by Crippen LogP contribution is -2.02. The zero-order valence-corrected chi connectivity index (χ0v) is 14.9. The lowest BCUT2D eigenvalue weighted by atomic mass is 10.1. The van der Waals surface area contributed by atoms with Crippen molar-refractivity contribution in [3.63, 3.8) is 0 Å². The molecule has 0 amide bonds. The Balaban J connectivity index is 2.19. The highest BCUT2D eigenvalue weighted by Gasteiger charge is 2.14. The topological polar surface area (TPSA) is 35.5 Å². The molecule has 0 fully saturated rings. The number of halogens is 2. The smallest absolute Gasteiger partial charge is 0.177 e. The quantitative estimate of drug-likeness (QED) is 0.658. The molecule has 0 aliphatic rings. The Morgan fingerprint density at radius 1 is 1.15 bits per heavy atom. The molecule has 0 atom stereocenters. The fourth-order valence-electron chi connectivity index (χ4n) is 1.75. The van der Waals surface area contributed by atoms with Crippen LogP contribution in [-0.2, 0) is 6.42 Å². The fourth-order valence-corrected chi connectivity index (χ4v) is 3.72. The molecule has 0 bridgehead atoms. The van der Waals surface area contributed by atoms with Gasteiger partial charge in [-0.2, -0.15) is 0 Å². The van der Waals surface area contributed by atoms with E-state index in [1.54, 1.807) is 14.2 Å². The number of thiophene rings is 1. The molecule has 1 heterocycles. The van der Waals surface area contributed by atoms with Gasteiger partial charge in [0.05, 0.1) is 22.9 Å². The average molecular weight is 420 g/mol. The molecule has 6 heteroatoms. The lowest BCUT2D eigenvalue weighted by Gasteiger charge is -2.08. The van der Waals surface area contributed by atoms with E-state index >= 15 is 0 Å². The van der Waals surface area contributed by atoms with Gasteiger partial charge in [-0.1, -0.05) is 6.07 Å². The Bertz CT molecular complexity index is 618. The molecule has 0 saturated heterocycles. The first-order valence-electron chi connectivity index (χ1n) is 5.74. The van der Waals surface area contributed by atoms with Gasteiger partial charge in [-0.25, -0.2) is 0 Å². The van der Waals surface area contributed by atoms with Gasteiger partial charge in [0.25, 0.3) is 0 Å². The molecule has 1 aromatic heterocycles. The molecule has 0 N–H and O–H groups in total. The molecule has 0 aliphatic heterocycles. The second-order valence-electron chi connectivity index (χ2n) is 4.02. The van der Waals surface area contributed by atoms with Crippen molar-refractivity contribution in [3.05, 3.63) is 43.0 Å². The van der Waals surface area contributed by atoms with Gasteiger partial charge in [0.2, 0.25) is 0 Å². The van der Waals surface area contributed by atoms with E-state index in [2.05, 4.69) is 31.9 Å². The maximum atomic E-state index is 12.2. The number of hydrogen-bond acceptors (Lipinski definition) is 4. The van der Waals surface area contributed by atoms with Gasteiger partial charge in [-0.05, 0) is 55.6 Å². The highest BCUT2D eigenvalue weighted by molar-refractivity contribution is 9.13. The van der Waals surface area contributed by atoms with Crippen LogP contribution >= 0.6 is 43.2 Å². The summed E-state index contributed by atoms with van der Waals surface area (Å²) >= 11 is 8.20. The van der Waals surface area contributed by atoms with E-state index in [1.807, 2.05) is 24.3 Å². The van der Waals surface area contributed by atoms with Crippen LogP contribution < -0.4 is 9.47 Å². The van der Waals surface area contributed by atoms with E-state index in [0.29, 0.717) is 17.9 Å². The zero-order chi connectivity index (χ0) is 14.7. The minimum absolute atomic E-state index is 0.0774. The van der Waals surface area contributed by atoms with E-state index in [9.17, 15) is 4.79 Å². The molecule has 3 nitrogen and oxygen atoms in total. The van der Waals surface area contributed by atoms with Crippen molar-refractivity contribution in [1.82, 2.24) is 0 Å². The fraction of sp³-hybridized carbons (Fsp3) is 0.214. The van der Waals surface area contributed by atoms with E-state index in [0.717, 1.165) is 18.7 Å². The first-order valence-corrected chi connectivity index (χ1v) is 8.14. The van der Waals surface area contributed by atoms with Crippen molar-refractivity contribution in [2.75, 3.05) is 14.2 Å². The summed E-state index contributed by atoms with van der Waals surface area (Å²) in [4.78, 5) is 13.0. The Labute approximate surface area is 138 Å².